The highest BCUT2D eigenvalue weighted by atomic mass is 16.5. The summed E-state index contributed by atoms with van der Waals surface area (Å²) >= 11 is 0. The number of ether oxygens (including phenoxy) is 1. The average Bonchev–Trinajstić information content (AvgIpc) is 2.36. The van der Waals surface area contributed by atoms with Crippen molar-refractivity contribution in [2.75, 3.05) is 7.11 Å². The fourth-order valence-electron chi connectivity index (χ4n) is 2.11. The van der Waals surface area contributed by atoms with Gasteiger partial charge in [-0.1, -0.05) is 44.8 Å². The molecule has 0 fully saturated rings. The summed E-state index contributed by atoms with van der Waals surface area (Å²) in [6, 6.07) is 0. The van der Waals surface area contributed by atoms with E-state index in [9.17, 15) is 4.79 Å². The van der Waals surface area contributed by atoms with E-state index in [1.165, 1.54) is 51.2 Å². The van der Waals surface area contributed by atoms with Gasteiger partial charge >= 0.3 is 5.97 Å². The molecule has 0 aliphatic heterocycles. The largest absolute Gasteiger partial charge is 0.469 e. The van der Waals surface area contributed by atoms with Gasteiger partial charge in [-0.05, 0) is 44.9 Å². The first kappa shape index (κ1) is 18.2. The minimum absolute atomic E-state index is 0.0825. The molecule has 0 heterocycles. The van der Waals surface area contributed by atoms with Crippen LogP contribution in [0.25, 0.3) is 0 Å². The van der Waals surface area contributed by atoms with Crippen LogP contribution in [0.3, 0.4) is 0 Å². The molecule has 112 valence electrons. The number of hydrogen-bond donors (Lipinski definition) is 0. The van der Waals surface area contributed by atoms with Gasteiger partial charge in [-0.2, -0.15) is 0 Å². The smallest absolute Gasteiger partial charge is 0.305 e. The quantitative estimate of drug-likeness (QED) is 0.290. The molecule has 0 aromatic rings. The Labute approximate surface area is 119 Å². The molecular formula is C17H32O2. The van der Waals surface area contributed by atoms with Crippen molar-refractivity contribution < 1.29 is 9.53 Å². The highest BCUT2D eigenvalue weighted by molar-refractivity contribution is 5.68. The van der Waals surface area contributed by atoms with Crippen LogP contribution < -0.4 is 0 Å². The van der Waals surface area contributed by atoms with Crippen LogP contribution in [0.2, 0.25) is 0 Å². The van der Waals surface area contributed by atoms with Gasteiger partial charge in [0.05, 0.1) is 7.11 Å². The van der Waals surface area contributed by atoms with Crippen LogP contribution in [0.15, 0.2) is 11.6 Å². The second kappa shape index (κ2) is 12.3. The Kier molecular flexibility index (Phi) is 11.7. The third-order valence-corrected chi connectivity index (χ3v) is 3.41. The number of carbonyl (C=O) groups is 1. The van der Waals surface area contributed by atoms with Gasteiger partial charge in [0.15, 0.2) is 0 Å². The second-order valence-corrected chi connectivity index (χ2v) is 5.87. The van der Waals surface area contributed by atoms with Crippen LogP contribution in [0.1, 0.15) is 78.6 Å². The Bertz CT molecular complexity index is 254. The fourth-order valence-corrected chi connectivity index (χ4v) is 2.11. The lowest BCUT2D eigenvalue weighted by Gasteiger charge is -2.05. The number of unbranched alkanes of at least 4 members (excludes halogenated alkanes) is 4. The molecule has 0 aromatic heterocycles. The summed E-state index contributed by atoms with van der Waals surface area (Å²) in [7, 11) is 1.45. The average molecular weight is 268 g/mol. The van der Waals surface area contributed by atoms with Crippen molar-refractivity contribution in [3.8, 4) is 0 Å². The van der Waals surface area contributed by atoms with Crippen molar-refractivity contribution in [3.05, 3.63) is 11.6 Å². The Morgan fingerprint density at radius 1 is 1.05 bits per heavy atom. The number of methoxy groups -OCH3 is 1. The number of carbonyl (C=O) groups excluding carboxylic acids is 1. The lowest BCUT2D eigenvalue weighted by Crippen LogP contribution is -1.98. The molecule has 0 atom stereocenters. The summed E-state index contributed by atoms with van der Waals surface area (Å²) in [6.07, 6.45) is 12.6. The summed E-state index contributed by atoms with van der Waals surface area (Å²) in [4.78, 5) is 10.9. The first-order valence-corrected chi connectivity index (χ1v) is 7.78. The molecule has 19 heavy (non-hydrogen) atoms. The highest BCUT2D eigenvalue weighted by Gasteiger charge is 1.99. The number of hydrogen-bond acceptors (Lipinski definition) is 2. The van der Waals surface area contributed by atoms with Gasteiger partial charge in [0.1, 0.15) is 0 Å². The van der Waals surface area contributed by atoms with Crippen LogP contribution in [-0.2, 0) is 9.53 Å². The zero-order valence-corrected chi connectivity index (χ0v) is 13.3. The van der Waals surface area contributed by atoms with Crippen molar-refractivity contribution in [2.24, 2.45) is 5.92 Å². The number of rotatable bonds is 11. The predicted molar refractivity (Wildman–Crippen MR) is 82.2 cm³/mol. The van der Waals surface area contributed by atoms with E-state index in [1.807, 2.05) is 0 Å². The molecule has 0 saturated heterocycles. The normalized spacial score (nSPS) is 11.9. The summed E-state index contributed by atoms with van der Waals surface area (Å²) < 4.78 is 4.62. The molecule has 0 spiro atoms. The second-order valence-electron chi connectivity index (χ2n) is 5.87. The molecule has 2 heteroatoms. The Morgan fingerprint density at radius 3 is 2.37 bits per heavy atom. The van der Waals surface area contributed by atoms with Crippen LogP contribution >= 0.6 is 0 Å². The SMILES string of the molecule is COC(=O)CCCCCC/C=C(\C)CCCC(C)C. The van der Waals surface area contributed by atoms with E-state index in [-0.39, 0.29) is 5.97 Å². The molecule has 0 radical (unpaired) electrons. The fraction of sp³-hybridized carbons (Fsp3) is 0.824. The molecule has 0 unspecified atom stereocenters. The van der Waals surface area contributed by atoms with E-state index in [0.29, 0.717) is 6.42 Å². The first-order valence-electron chi connectivity index (χ1n) is 7.78. The number of esters is 1. The summed E-state index contributed by atoms with van der Waals surface area (Å²) in [5.74, 6) is 0.739. The standard InChI is InChI=1S/C17H32O2/c1-15(2)11-10-13-16(3)12-8-6-5-7-9-14-17(18)19-4/h12,15H,5-11,13-14H2,1-4H3/b16-12+. The molecular weight excluding hydrogens is 236 g/mol. The summed E-state index contributed by atoms with van der Waals surface area (Å²) in [5.41, 5.74) is 1.54. The molecule has 0 bridgehead atoms. The summed E-state index contributed by atoms with van der Waals surface area (Å²) in [5, 5.41) is 0. The maximum atomic E-state index is 10.9. The van der Waals surface area contributed by atoms with Crippen molar-refractivity contribution in [1.82, 2.24) is 0 Å². The molecule has 0 aliphatic rings. The van der Waals surface area contributed by atoms with Crippen molar-refractivity contribution >= 4 is 5.97 Å². The maximum Gasteiger partial charge on any atom is 0.305 e. The zero-order chi connectivity index (χ0) is 14.5. The lowest BCUT2D eigenvalue weighted by atomic mass is 10.0. The van der Waals surface area contributed by atoms with E-state index in [1.54, 1.807) is 0 Å². The van der Waals surface area contributed by atoms with Crippen molar-refractivity contribution in [3.63, 3.8) is 0 Å². The van der Waals surface area contributed by atoms with Gasteiger partial charge in [-0.25, -0.2) is 0 Å². The van der Waals surface area contributed by atoms with Gasteiger partial charge in [-0.15, -0.1) is 0 Å². The molecule has 0 rings (SSSR count). The van der Waals surface area contributed by atoms with Gasteiger partial charge in [0, 0.05) is 6.42 Å². The molecule has 2 nitrogen and oxygen atoms in total. The van der Waals surface area contributed by atoms with Gasteiger partial charge < -0.3 is 4.74 Å². The highest BCUT2D eigenvalue weighted by Crippen LogP contribution is 2.13. The third kappa shape index (κ3) is 13.4. The number of allylic oxidation sites excluding steroid dienone is 2. The van der Waals surface area contributed by atoms with E-state index < -0.39 is 0 Å². The molecule has 0 aromatic carbocycles. The minimum Gasteiger partial charge on any atom is -0.469 e. The van der Waals surface area contributed by atoms with Crippen molar-refractivity contribution in [1.29, 1.82) is 0 Å². The van der Waals surface area contributed by atoms with Crippen molar-refractivity contribution in [2.45, 2.75) is 78.6 Å². The minimum atomic E-state index is -0.0825. The van der Waals surface area contributed by atoms with Gasteiger partial charge in [-0.3, -0.25) is 4.79 Å². The van der Waals surface area contributed by atoms with Crippen LogP contribution in [0.5, 0.6) is 0 Å². The van der Waals surface area contributed by atoms with Crippen LogP contribution in [0.4, 0.5) is 0 Å². The van der Waals surface area contributed by atoms with E-state index in [0.717, 1.165) is 18.8 Å². The Hall–Kier alpha value is -0.790. The lowest BCUT2D eigenvalue weighted by molar-refractivity contribution is -0.140. The molecule has 0 saturated carbocycles. The van der Waals surface area contributed by atoms with E-state index in [4.69, 9.17) is 0 Å². The molecule has 0 aliphatic carbocycles. The zero-order valence-electron chi connectivity index (χ0n) is 13.3. The Morgan fingerprint density at radius 2 is 1.74 bits per heavy atom. The third-order valence-electron chi connectivity index (χ3n) is 3.41. The van der Waals surface area contributed by atoms with Gasteiger partial charge in [0.2, 0.25) is 0 Å². The topological polar surface area (TPSA) is 26.3 Å². The predicted octanol–water partition coefficient (Wildman–Crippen LogP) is 5.27. The maximum absolute atomic E-state index is 10.9. The molecule has 0 amide bonds. The van der Waals surface area contributed by atoms with Crippen LogP contribution in [-0.4, -0.2) is 13.1 Å². The monoisotopic (exact) mass is 268 g/mol. The summed E-state index contributed by atoms with van der Waals surface area (Å²) in [6.45, 7) is 6.82. The Balaban J connectivity index is 3.38. The first-order chi connectivity index (χ1) is 9.06. The van der Waals surface area contributed by atoms with Gasteiger partial charge in [0.25, 0.3) is 0 Å². The van der Waals surface area contributed by atoms with Crippen LogP contribution in [0, 0.1) is 5.92 Å². The molecule has 0 N–H and O–H groups in total. The van der Waals surface area contributed by atoms with E-state index >= 15 is 0 Å². The van der Waals surface area contributed by atoms with E-state index in [2.05, 4.69) is 31.6 Å².